The second-order valence-electron chi connectivity index (χ2n) is 4.81. The summed E-state index contributed by atoms with van der Waals surface area (Å²) in [5.74, 6) is -0.718. The van der Waals surface area contributed by atoms with Crippen molar-refractivity contribution < 1.29 is 14.4 Å². The standard InChI is InChI=1S/C11H10Cl2N4O3/c12-5-3-6(14-7(5)13)8(18)17-2-1-11(4-17)9(19)15-10(20)16-11/h3,14H,1-2,4H2,(H2,15,16,19,20). The molecule has 2 aliphatic rings. The van der Waals surface area contributed by atoms with Gasteiger partial charge >= 0.3 is 6.03 Å². The number of carbonyl (C=O) groups excluding carboxylic acids is 3. The van der Waals surface area contributed by atoms with Gasteiger partial charge in [0.25, 0.3) is 11.8 Å². The number of aromatic nitrogens is 1. The smallest absolute Gasteiger partial charge is 0.322 e. The fourth-order valence-electron chi connectivity index (χ4n) is 2.49. The van der Waals surface area contributed by atoms with Crippen molar-refractivity contribution in [1.82, 2.24) is 20.5 Å². The highest BCUT2D eigenvalue weighted by molar-refractivity contribution is 6.41. The van der Waals surface area contributed by atoms with Gasteiger partial charge in [0.05, 0.1) is 11.6 Å². The lowest BCUT2D eigenvalue weighted by Gasteiger charge is -2.20. The predicted molar refractivity (Wildman–Crippen MR) is 70.7 cm³/mol. The van der Waals surface area contributed by atoms with Crippen LogP contribution in [0.1, 0.15) is 16.9 Å². The van der Waals surface area contributed by atoms with Gasteiger partial charge < -0.3 is 15.2 Å². The van der Waals surface area contributed by atoms with Gasteiger partial charge in [0.1, 0.15) is 16.4 Å². The Kier molecular flexibility index (Phi) is 2.91. The third kappa shape index (κ3) is 1.94. The maximum absolute atomic E-state index is 12.3. The summed E-state index contributed by atoms with van der Waals surface area (Å²) in [5, 5.41) is 5.21. The van der Waals surface area contributed by atoms with Crippen molar-refractivity contribution in [3.8, 4) is 0 Å². The predicted octanol–water partition coefficient (Wildman–Crippen LogP) is 0.746. The van der Waals surface area contributed by atoms with Gasteiger partial charge in [-0.1, -0.05) is 23.2 Å². The fourth-order valence-corrected chi connectivity index (χ4v) is 2.80. The van der Waals surface area contributed by atoms with Crippen LogP contribution in [0.25, 0.3) is 0 Å². The van der Waals surface area contributed by atoms with Crippen LogP contribution in [0.15, 0.2) is 6.07 Å². The molecule has 0 saturated carbocycles. The summed E-state index contributed by atoms with van der Waals surface area (Å²) in [6.45, 7) is 0.485. The van der Waals surface area contributed by atoms with Gasteiger partial charge in [-0.2, -0.15) is 0 Å². The maximum Gasteiger partial charge on any atom is 0.322 e. The Bertz CT molecular complexity index is 610. The SMILES string of the molecule is O=C1NC(=O)C2(CCN(C(=O)c3cc(Cl)c(Cl)[nH]3)C2)N1. The summed E-state index contributed by atoms with van der Waals surface area (Å²) in [6.07, 6.45) is 0.373. The van der Waals surface area contributed by atoms with E-state index >= 15 is 0 Å². The lowest BCUT2D eigenvalue weighted by atomic mass is 10.00. The number of halogens is 2. The number of H-pyrrole nitrogens is 1. The molecule has 20 heavy (non-hydrogen) atoms. The van der Waals surface area contributed by atoms with Crippen LogP contribution >= 0.6 is 23.2 Å². The first kappa shape index (κ1) is 13.3. The fraction of sp³-hybridized carbons (Fsp3) is 0.364. The molecule has 2 saturated heterocycles. The Morgan fingerprint density at radius 1 is 1.35 bits per heavy atom. The van der Waals surface area contributed by atoms with E-state index in [0.29, 0.717) is 13.0 Å². The zero-order valence-electron chi connectivity index (χ0n) is 10.1. The van der Waals surface area contributed by atoms with Crippen LogP contribution in [0.5, 0.6) is 0 Å². The number of nitrogens with zero attached hydrogens (tertiary/aromatic N) is 1. The molecule has 1 spiro atoms. The van der Waals surface area contributed by atoms with Crippen molar-refractivity contribution in [1.29, 1.82) is 0 Å². The number of nitrogens with one attached hydrogen (secondary N) is 3. The highest BCUT2D eigenvalue weighted by Gasteiger charge is 2.51. The molecule has 3 N–H and O–H groups in total. The molecule has 0 bridgehead atoms. The molecule has 1 unspecified atom stereocenters. The quantitative estimate of drug-likeness (QED) is 0.667. The van der Waals surface area contributed by atoms with Gasteiger partial charge in [0, 0.05) is 6.54 Å². The number of urea groups is 1. The van der Waals surface area contributed by atoms with E-state index in [9.17, 15) is 14.4 Å². The number of likely N-dealkylation sites (tertiary alicyclic amines) is 1. The molecule has 2 fully saturated rings. The molecule has 1 aromatic heterocycles. The number of rotatable bonds is 1. The Balaban J connectivity index is 1.79. The second-order valence-corrected chi connectivity index (χ2v) is 5.60. The Morgan fingerprint density at radius 3 is 2.65 bits per heavy atom. The van der Waals surface area contributed by atoms with Crippen molar-refractivity contribution in [2.24, 2.45) is 0 Å². The van der Waals surface area contributed by atoms with E-state index in [1.54, 1.807) is 0 Å². The zero-order chi connectivity index (χ0) is 14.5. The van der Waals surface area contributed by atoms with Crippen LogP contribution in [-0.4, -0.2) is 46.4 Å². The monoisotopic (exact) mass is 316 g/mol. The minimum atomic E-state index is -1.02. The van der Waals surface area contributed by atoms with Crippen LogP contribution in [-0.2, 0) is 4.79 Å². The minimum Gasteiger partial charge on any atom is -0.340 e. The molecule has 9 heteroatoms. The van der Waals surface area contributed by atoms with Gasteiger partial charge in [-0.15, -0.1) is 0 Å². The number of amides is 4. The van der Waals surface area contributed by atoms with Gasteiger partial charge in [-0.3, -0.25) is 14.9 Å². The van der Waals surface area contributed by atoms with Crippen LogP contribution in [0.2, 0.25) is 10.2 Å². The second kappa shape index (κ2) is 4.39. The third-order valence-electron chi connectivity index (χ3n) is 3.53. The number of hydrogen-bond acceptors (Lipinski definition) is 3. The highest BCUT2D eigenvalue weighted by Crippen LogP contribution is 2.27. The summed E-state index contributed by atoms with van der Waals surface area (Å²) in [5.41, 5.74) is -0.769. The largest absolute Gasteiger partial charge is 0.340 e. The molecular weight excluding hydrogens is 307 g/mol. The van der Waals surface area contributed by atoms with Crippen molar-refractivity contribution in [2.75, 3.05) is 13.1 Å². The van der Waals surface area contributed by atoms with Crippen LogP contribution in [0.3, 0.4) is 0 Å². The average molecular weight is 317 g/mol. The van der Waals surface area contributed by atoms with Crippen LogP contribution in [0, 0.1) is 0 Å². The molecule has 1 aromatic rings. The van der Waals surface area contributed by atoms with Gasteiger partial charge in [0.2, 0.25) is 0 Å². The van der Waals surface area contributed by atoms with Crippen LogP contribution in [0.4, 0.5) is 4.79 Å². The molecular formula is C11H10Cl2N4O3. The van der Waals surface area contributed by atoms with E-state index in [2.05, 4.69) is 15.6 Å². The Labute approximate surface area is 123 Å². The van der Waals surface area contributed by atoms with Crippen molar-refractivity contribution >= 4 is 41.0 Å². The molecule has 0 aromatic carbocycles. The number of hydrogen-bond donors (Lipinski definition) is 3. The molecule has 0 aliphatic carbocycles. The minimum absolute atomic E-state index is 0.123. The topological polar surface area (TPSA) is 94.3 Å². The van der Waals surface area contributed by atoms with Crippen LogP contribution < -0.4 is 10.6 Å². The molecule has 3 rings (SSSR count). The van der Waals surface area contributed by atoms with Crippen molar-refractivity contribution in [3.05, 3.63) is 21.9 Å². The van der Waals surface area contributed by atoms with E-state index in [1.807, 2.05) is 0 Å². The van der Waals surface area contributed by atoms with Crippen molar-refractivity contribution in [3.63, 3.8) is 0 Å². The summed E-state index contributed by atoms with van der Waals surface area (Å²) in [4.78, 5) is 39.4. The average Bonchev–Trinajstić information content (AvgIpc) is 3.02. The summed E-state index contributed by atoms with van der Waals surface area (Å²) in [6, 6.07) is 0.903. The van der Waals surface area contributed by atoms with Gasteiger partial charge in [-0.05, 0) is 12.5 Å². The zero-order valence-corrected chi connectivity index (χ0v) is 11.6. The maximum atomic E-state index is 12.3. The summed E-state index contributed by atoms with van der Waals surface area (Å²) in [7, 11) is 0. The number of imide groups is 1. The number of carbonyl (C=O) groups is 3. The lowest BCUT2D eigenvalue weighted by molar-refractivity contribution is -0.123. The summed E-state index contributed by atoms with van der Waals surface area (Å²) >= 11 is 11.6. The molecule has 0 radical (unpaired) electrons. The summed E-state index contributed by atoms with van der Waals surface area (Å²) < 4.78 is 0. The third-order valence-corrected chi connectivity index (χ3v) is 4.22. The van der Waals surface area contributed by atoms with Gasteiger partial charge in [0.15, 0.2) is 0 Å². The van der Waals surface area contributed by atoms with E-state index in [-0.39, 0.29) is 28.3 Å². The highest BCUT2D eigenvalue weighted by atomic mass is 35.5. The number of aromatic amines is 1. The Hall–Kier alpha value is -1.73. The molecule has 7 nitrogen and oxygen atoms in total. The Morgan fingerprint density at radius 2 is 2.10 bits per heavy atom. The van der Waals surface area contributed by atoms with Gasteiger partial charge in [-0.25, -0.2) is 4.79 Å². The molecule has 2 aliphatic heterocycles. The molecule has 106 valence electrons. The van der Waals surface area contributed by atoms with E-state index in [1.165, 1.54) is 11.0 Å². The van der Waals surface area contributed by atoms with E-state index in [4.69, 9.17) is 23.2 Å². The first-order valence-corrected chi connectivity index (χ1v) is 6.64. The first-order chi connectivity index (χ1) is 9.41. The first-order valence-electron chi connectivity index (χ1n) is 5.88. The molecule has 3 heterocycles. The van der Waals surface area contributed by atoms with E-state index < -0.39 is 17.5 Å². The van der Waals surface area contributed by atoms with E-state index in [0.717, 1.165) is 0 Å². The molecule has 1 atom stereocenters. The molecule has 4 amide bonds. The lowest BCUT2D eigenvalue weighted by Crippen LogP contribution is -2.49. The van der Waals surface area contributed by atoms with Crippen molar-refractivity contribution in [2.45, 2.75) is 12.0 Å². The normalized spacial score (nSPS) is 25.2.